The molecule has 0 saturated carbocycles. The molecule has 0 N–H and O–H groups in total. The molecule has 5 heteroatoms. The maximum Gasteiger partial charge on any atom is 0.274 e. The highest BCUT2D eigenvalue weighted by molar-refractivity contribution is 5.92. The molecule has 1 aromatic heterocycles. The summed E-state index contributed by atoms with van der Waals surface area (Å²) >= 11 is 0. The average molecular weight is 308 g/mol. The van der Waals surface area contributed by atoms with Crippen LogP contribution in [-0.4, -0.2) is 33.7 Å². The van der Waals surface area contributed by atoms with Crippen LogP contribution >= 0.6 is 0 Å². The van der Waals surface area contributed by atoms with Crippen LogP contribution in [0, 0.1) is 17.2 Å². The zero-order chi connectivity index (χ0) is 16.4. The predicted octanol–water partition coefficient (Wildman–Crippen LogP) is 2.84. The van der Waals surface area contributed by atoms with Crippen LogP contribution in [0.3, 0.4) is 0 Å². The molecule has 2 atom stereocenters. The van der Waals surface area contributed by atoms with E-state index in [9.17, 15) is 10.1 Å². The van der Waals surface area contributed by atoms with Gasteiger partial charge in [-0.2, -0.15) is 10.4 Å². The number of hydrogen-bond acceptors (Lipinski definition) is 3. The molecule has 0 radical (unpaired) electrons. The minimum absolute atomic E-state index is 0.0670. The number of benzene rings is 1. The maximum atomic E-state index is 12.7. The van der Waals surface area contributed by atoms with Gasteiger partial charge in [-0.05, 0) is 25.5 Å². The Kier molecular flexibility index (Phi) is 4.16. The molecule has 2 heterocycles. The number of carbonyl (C=O) groups excluding carboxylic acids is 1. The van der Waals surface area contributed by atoms with Crippen molar-refractivity contribution < 1.29 is 4.79 Å². The Morgan fingerprint density at radius 2 is 2.00 bits per heavy atom. The van der Waals surface area contributed by atoms with Crippen molar-refractivity contribution in [2.24, 2.45) is 5.92 Å². The van der Waals surface area contributed by atoms with Crippen molar-refractivity contribution in [2.75, 3.05) is 13.1 Å². The molecule has 2 aromatic rings. The first-order valence-corrected chi connectivity index (χ1v) is 7.89. The third-order valence-electron chi connectivity index (χ3n) is 4.36. The third kappa shape index (κ3) is 2.98. The number of rotatable bonds is 3. The van der Waals surface area contributed by atoms with Gasteiger partial charge in [-0.25, -0.2) is 0 Å². The van der Waals surface area contributed by atoms with Gasteiger partial charge in [0.25, 0.3) is 5.91 Å². The summed E-state index contributed by atoms with van der Waals surface area (Å²) in [6.45, 7) is 5.07. The molecular weight excluding hydrogens is 288 g/mol. The number of carbonyl (C=O) groups is 1. The van der Waals surface area contributed by atoms with Crippen molar-refractivity contribution in [1.29, 1.82) is 5.26 Å². The lowest BCUT2D eigenvalue weighted by Gasteiger charge is -2.15. The summed E-state index contributed by atoms with van der Waals surface area (Å²) in [5.74, 6) is -0.200. The standard InChI is InChI=1S/C18H20N4O/c1-13(2)22-9-8-17(20-22)18(23)21-11-15(10-19)16(12-21)14-6-4-3-5-7-14/h3-9,13,15-16H,11-12H2,1-2H3/t15-,16+/m1/s1. The second-order valence-electron chi connectivity index (χ2n) is 6.24. The summed E-state index contributed by atoms with van der Waals surface area (Å²) in [5.41, 5.74) is 1.56. The zero-order valence-electron chi connectivity index (χ0n) is 13.4. The van der Waals surface area contributed by atoms with E-state index in [2.05, 4.69) is 11.2 Å². The number of likely N-dealkylation sites (tertiary alicyclic amines) is 1. The molecule has 23 heavy (non-hydrogen) atoms. The fraction of sp³-hybridized carbons (Fsp3) is 0.389. The van der Waals surface area contributed by atoms with Crippen LogP contribution in [0.1, 0.15) is 41.9 Å². The Labute approximate surface area is 136 Å². The highest BCUT2D eigenvalue weighted by Gasteiger charge is 2.37. The topological polar surface area (TPSA) is 61.9 Å². The molecule has 5 nitrogen and oxygen atoms in total. The number of hydrogen-bond donors (Lipinski definition) is 0. The molecule has 0 bridgehead atoms. The van der Waals surface area contributed by atoms with Gasteiger partial charge in [-0.1, -0.05) is 30.3 Å². The van der Waals surface area contributed by atoms with E-state index in [1.807, 2.05) is 50.4 Å². The molecule has 1 aromatic carbocycles. The van der Waals surface area contributed by atoms with Gasteiger partial charge in [0.2, 0.25) is 0 Å². The summed E-state index contributed by atoms with van der Waals surface area (Å²) in [7, 11) is 0. The van der Waals surface area contributed by atoms with Gasteiger partial charge in [0.05, 0.1) is 12.0 Å². The first kappa shape index (κ1) is 15.3. The zero-order valence-corrected chi connectivity index (χ0v) is 13.4. The molecule has 1 aliphatic rings. The van der Waals surface area contributed by atoms with E-state index >= 15 is 0 Å². The van der Waals surface area contributed by atoms with E-state index in [0.29, 0.717) is 18.8 Å². The SMILES string of the molecule is CC(C)n1ccc(C(=O)N2C[C@@H](C#N)[C@H](c3ccccc3)C2)n1. The monoisotopic (exact) mass is 308 g/mol. The second kappa shape index (κ2) is 6.25. The van der Waals surface area contributed by atoms with Gasteiger partial charge in [0.1, 0.15) is 5.69 Å². The molecule has 3 rings (SSSR count). The third-order valence-corrected chi connectivity index (χ3v) is 4.36. The van der Waals surface area contributed by atoms with Crippen molar-refractivity contribution in [3.05, 3.63) is 53.9 Å². The Bertz CT molecular complexity index is 729. The van der Waals surface area contributed by atoms with E-state index in [1.165, 1.54) is 0 Å². The normalized spacial score (nSPS) is 20.7. The van der Waals surface area contributed by atoms with E-state index in [-0.39, 0.29) is 23.8 Å². The van der Waals surface area contributed by atoms with Gasteiger partial charge in [0.15, 0.2) is 0 Å². The van der Waals surface area contributed by atoms with Crippen LogP contribution < -0.4 is 0 Å². The van der Waals surface area contributed by atoms with Gasteiger partial charge in [0, 0.05) is 31.2 Å². The van der Waals surface area contributed by atoms with Crippen LogP contribution in [0.4, 0.5) is 0 Å². The molecule has 1 saturated heterocycles. The van der Waals surface area contributed by atoms with Crippen LogP contribution in [0.5, 0.6) is 0 Å². The molecule has 0 spiro atoms. The van der Waals surface area contributed by atoms with E-state index < -0.39 is 0 Å². The van der Waals surface area contributed by atoms with Crippen LogP contribution in [0.15, 0.2) is 42.6 Å². The molecule has 118 valence electrons. The van der Waals surface area contributed by atoms with Gasteiger partial charge in [-0.15, -0.1) is 0 Å². The maximum absolute atomic E-state index is 12.7. The van der Waals surface area contributed by atoms with E-state index in [4.69, 9.17) is 0 Å². The van der Waals surface area contributed by atoms with Crippen LogP contribution in [-0.2, 0) is 0 Å². The lowest BCUT2D eigenvalue weighted by Crippen LogP contribution is -2.29. The minimum atomic E-state index is -0.173. The molecule has 0 aliphatic carbocycles. The van der Waals surface area contributed by atoms with Gasteiger partial charge >= 0.3 is 0 Å². The van der Waals surface area contributed by atoms with Crippen molar-refractivity contribution in [1.82, 2.24) is 14.7 Å². The number of aromatic nitrogens is 2. The first-order chi connectivity index (χ1) is 11.1. The van der Waals surface area contributed by atoms with Crippen molar-refractivity contribution in [2.45, 2.75) is 25.8 Å². The lowest BCUT2D eigenvalue weighted by atomic mass is 9.90. The Balaban J connectivity index is 1.79. The van der Waals surface area contributed by atoms with Gasteiger partial charge in [-0.3, -0.25) is 9.48 Å². The summed E-state index contributed by atoms with van der Waals surface area (Å²) in [4.78, 5) is 14.4. The summed E-state index contributed by atoms with van der Waals surface area (Å²) in [5, 5.41) is 13.8. The number of nitriles is 1. The Morgan fingerprint density at radius 3 is 2.61 bits per heavy atom. The average Bonchev–Trinajstić information content (AvgIpc) is 3.22. The number of nitrogens with zero attached hydrogens (tertiary/aromatic N) is 4. The summed E-state index contributed by atoms with van der Waals surface area (Å²) < 4.78 is 1.78. The van der Waals surface area contributed by atoms with Crippen LogP contribution in [0.2, 0.25) is 0 Å². The first-order valence-electron chi connectivity index (χ1n) is 7.89. The highest BCUT2D eigenvalue weighted by atomic mass is 16.2. The highest BCUT2D eigenvalue weighted by Crippen LogP contribution is 2.32. The molecule has 0 unspecified atom stereocenters. The summed E-state index contributed by atoms with van der Waals surface area (Å²) in [6.07, 6.45) is 1.82. The second-order valence-corrected chi connectivity index (χ2v) is 6.24. The fourth-order valence-corrected chi connectivity index (χ4v) is 3.04. The van der Waals surface area contributed by atoms with Crippen LogP contribution in [0.25, 0.3) is 0 Å². The molecule has 1 amide bonds. The van der Waals surface area contributed by atoms with E-state index in [1.54, 1.807) is 15.6 Å². The quantitative estimate of drug-likeness (QED) is 0.876. The van der Waals surface area contributed by atoms with Crippen molar-refractivity contribution >= 4 is 5.91 Å². The van der Waals surface area contributed by atoms with Crippen molar-refractivity contribution in [3.63, 3.8) is 0 Å². The molecule has 1 fully saturated rings. The smallest absolute Gasteiger partial charge is 0.274 e. The molecule has 1 aliphatic heterocycles. The largest absolute Gasteiger partial charge is 0.335 e. The Hall–Kier alpha value is -2.61. The fourth-order valence-electron chi connectivity index (χ4n) is 3.04. The predicted molar refractivity (Wildman–Crippen MR) is 86.8 cm³/mol. The Morgan fingerprint density at radius 1 is 1.26 bits per heavy atom. The van der Waals surface area contributed by atoms with E-state index in [0.717, 1.165) is 5.56 Å². The minimum Gasteiger partial charge on any atom is -0.335 e. The molecular formula is C18H20N4O. The summed E-state index contributed by atoms with van der Waals surface area (Å²) in [6, 6.07) is 14.3. The van der Waals surface area contributed by atoms with Gasteiger partial charge < -0.3 is 4.90 Å². The lowest BCUT2D eigenvalue weighted by molar-refractivity contribution is 0.0781. The van der Waals surface area contributed by atoms with Crippen molar-refractivity contribution in [3.8, 4) is 6.07 Å². The number of amides is 1.